The van der Waals surface area contributed by atoms with Crippen molar-refractivity contribution in [3.8, 4) is 17.2 Å². The van der Waals surface area contributed by atoms with Gasteiger partial charge in [-0.05, 0) is 48.4 Å². The van der Waals surface area contributed by atoms with Gasteiger partial charge in [-0.1, -0.05) is 15.9 Å². The van der Waals surface area contributed by atoms with Gasteiger partial charge in [-0.3, -0.25) is 9.59 Å². The van der Waals surface area contributed by atoms with E-state index in [0.717, 1.165) is 10.0 Å². The largest absolute Gasteiger partial charge is 0.493 e. The van der Waals surface area contributed by atoms with Crippen molar-refractivity contribution in [2.45, 2.75) is 12.8 Å². The van der Waals surface area contributed by atoms with Crippen LogP contribution in [-0.4, -0.2) is 39.7 Å². The van der Waals surface area contributed by atoms with Gasteiger partial charge in [-0.25, -0.2) is 0 Å². The van der Waals surface area contributed by atoms with E-state index in [4.69, 9.17) is 14.2 Å². The van der Waals surface area contributed by atoms with Crippen molar-refractivity contribution >= 4 is 33.4 Å². The average Bonchev–Trinajstić information content (AvgIpc) is 2.71. The summed E-state index contributed by atoms with van der Waals surface area (Å²) >= 11 is 3.33. The van der Waals surface area contributed by atoms with Crippen LogP contribution < -0.4 is 24.8 Å². The van der Waals surface area contributed by atoms with Crippen molar-refractivity contribution in [1.29, 1.82) is 0 Å². The Labute approximate surface area is 172 Å². The molecule has 0 aliphatic heterocycles. The number of methoxy groups -OCH3 is 3. The Bertz CT molecular complexity index is 799. The number of benzene rings is 2. The zero-order valence-corrected chi connectivity index (χ0v) is 17.6. The predicted molar refractivity (Wildman–Crippen MR) is 110 cm³/mol. The first kappa shape index (κ1) is 21.6. The van der Waals surface area contributed by atoms with E-state index >= 15 is 0 Å². The van der Waals surface area contributed by atoms with Crippen molar-refractivity contribution in [3.05, 3.63) is 46.4 Å². The van der Waals surface area contributed by atoms with E-state index in [9.17, 15) is 9.59 Å². The number of halogens is 1. The Balaban J connectivity index is 1.85. The molecule has 0 radical (unpaired) electrons. The van der Waals surface area contributed by atoms with Crippen molar-refractivity contribution in [3.63, 3.8) is 0 Å². The molecular weight excluding hydrogens is 428 g/mol. The van der Waals surface area contributed by atoms with E-state index in [1.165, 1.54) is 21.3 Å². The predicted octanol–water partition coefficient (Wildman–Crippen LogP) is 3.16. The summed E-state index contributed by atoms with van der Waals surface area (Å²) in [5.41, 5.74) is 1.53. The molecule has 150 valence electrons. The fourth-order valence-corrected chi connectivity index (χ4v) is 2.81. The molecule has 0 unspecified atom stereocenters. The van der Waals surface area contributed by atoms with Crippen molar-refractivity contribution < 1.29 is 23.8 Å². The van der Waals surface area contributed by atoms with Crippen LogP contribution in [0.1, 0.15) is 12.0 Å². The number of ether oxygens (including phenoxy) is 3. The van der Waals surface area contributed by atoms with E-state index in [1.807, 2.05) is 12.1 Å². The highest BCUT2D eigenvalue weighted by Crippen LogP contribution is 2.38. The molecular formula is C20H23BrN2O5. The van der Waals surface area contributed by atoms with E-state index in [1.54, 1.807) is 24.3 Å². The number of nitrogens with one attached hydrogen (secondary N) is 2. The van der Waals surface area contributed by atoms with Crippen LogP contribution in [0.2, 0.25) is 0 Å². The van der Waals surface area contributed by atoms with Crippen LogP contribution in [0.15, 0.2) is 40.9 Å². The Kier molecular flexibility index (Phi) is 8.13. The topological polar surface area (TPSA) is 85.9 Å². The average molecular weight is 451 g/mol. The molecule has 0 aliphatic carbocycles. The first-order chi connectivity index (χ1) is 13.5. The molecule has 0 spiro atoms. The number of hydrogen-bond donors (Lipinski definition) is 2. The summed E-state index contributed by atoms with van der Waals surface area (Å²) < 4.78 is 16.8. The summed E-state index contributed by atoms with van der Waals surface area (Å²) in [5.74, 6) is 1.06. The summed E-state index contributed by atoms with van der Waals surface area (Å²) in [4.78, 5) is 24.0. The Morgan fingerprint density at radius 3 is 2.07 bits per heavy atom. The first-order valence-corrected chi connectivity index (χ1v) is 9.37. The van der Waals surface area contributed by atoms with Gasteiger partial charge in [-0.15, -0.1) is 0 Å². The lowest BCUT2D eigenvalue weighted by atomic mass is 10.1. The molecule has 0 atom stereocenters. The lowest BCUT2D eigenvalue weighted by Crippen LogP contribution is -2.32. The van der Waals surface area contributed by atoms with E-state index < -0.39 is 0 Å². The fourth-order valence-electron chi connectivity index (χ4n) is 2.54. The van der Waals surface area contributed by atoms with Gasteiger partial charge in [-0.2, -0.15) is 0 Å². The summed E-state index contributed by atoms with van der Waals surface area (Å²) in [5, 5.41) is 5.34. The molecule has 2 amide bonds. The molecule has 2 N–H and O–H groups in total. The molecule has 0 heterocycles. The normalized spacial score (nSPS) is 10.1. The molecule has 0 aliphatic rings. The lowest BCUT2D eigenvalue weighted by Gasteiger charge is -2.14. The number of aryl methyl sites for hydroxylation is 1. The molecule has 28 heavy (non-hydrogen) atoms. The molecule has 0 bridgehead atoms. The Morgan fingerprint density at radius 2 is 1.54 bits per heavy atom. The van der Waals surface area contributed by atoms with Crippen molar-refractivity contribution in [1.82, 2.24) is 5.32 Å². The Morgan fingerprint density at radius 1 is 0.929 bits per heavy atom. The quantitative estimate of drug-likeness (QED) is 0.612. The standard InChI is InChI=1S/C20H23BrN2O5/c1-26-16-10-13(11-17(27-2)20(16)28-3)4-9-18(24)22-12-19(25)23-15-7-5-14(21)6-8-15/h5-8,10-11H,4,9,12H2,1-3H3,(H,22,24)(H,23,25). The van der Waals surface area contributed by atoms with Gasteiger partial charge in [0.15, 0.2) is 11.5 Å². The lowest BCUT2D eigenvalue weighted by molar-refractivity contribution is -0.124. The number of hydrogen-bond acceptors (Lipinski definition) is 5. The molecule has 0 fully saturated rings. The Hall–Kier alpha value is -2.74. The maximum atomic E-state index is 12.1. The summed E-state index contributed by atoms with van der Waals surface area (Å²) in [6, 6.07) is 10.8. The molecule has 8 heteroatoms. The highest BCUT2D eigenvalue weighted by molar-refractivity contribution is 9.10. The van der Waals surface area contributed by atoms with Gasteiger partial charge in [0.25, 0.3) is 0 Å². The molecule has 7 nitrogen and oxygen atoms in total. The molecule has 2 aromatic rings. The summed E-state index contributed by atoms with van der Waals surface area (Å²) in [7, 11) is 4.61. The number of rotatable bonds is 9. The summed E-state index contributed by atoms with van der Waals surface area (Å²) in [6.07, 6.45) is 0.696. The van der Waals surface area contributed by atoms with Crippen molar-refractivity contribution in [2.75, 3.05) is 33.2 Å². The first-order valence-electron chi connectivity index (χ1n) is 8.57. The van der Waals surface area contributed by atoms with Crippen LogP contribution in [0.25, 0.3) is 0 Å². The SMILES string of the molecule is COc1cc(CCC(=O)NCC(=O)Nc2ccc(Br)cc2)cc(OC)c1OC. The maximum absolute atomic E-state index is 12.1. The van der Waals surface area contributed by atoms with Gasteiger partial charge in [0.1, 0.15) is 0 Å². The fraction of sp³-hybridized carbons (Fsp3) is 0.300. The number of carbonyl (C=O) groups excluding carboxylic acids is 2. The van der Waals surface area contributed by atoms with Crippen LogP contribution in [0.3, 0.4) is 0 Å². The van der Waals surface area contributed by atoms with Crippen LogP contribution in [0, 0.1) is 0 Å². The zero-order valence-electron chi connectivity index (χ0n) is 16.0. The van der Waals surface area contributed by atoms with E-state index in [-0.39, 0.29) is 24.8 Å². The molecule has 2 rings (SSSR count). The number of carbonyl (C=O) groups is 2. The third kappa shape index (κ3) is 6.16. The molecule has 2 aromatic carbocycles. The van der Waals surface area contributed by atoms with Gasteiger partial charge >= 0.3 is 0 Å². The molecule has 0 saturated carbocycles. The van der Waals surface area contributed by atoms with Crippen LogP contribution in [-0.2, 0) is 16.0 Å². The van der Waals surface area contributed by atoms with Crippen LogP contribution >= 0.6 is 15.9 Å². The summed E-state index contributed by atoms with van der Waals surface area (Å²) in [6.45, 7) is -0.0931. The monoisotopic (exact) mass is 450 g/mol. The molecule has 0 aromatic heterocycles. The third-order valence-corrected chi connectivity index (χ3v) is 4.47. The third-order valence-electron chi connectivity index (χ3n) is 3.94. The minimum absolute atomic E-state index is 0.0931. The van der Waals surface area contributed by atoms with Crippen molar-refractivity contribution in [2.24, 2.45) is 0 Å². The van der Waals surface area contributed by atoms with Crippen LogP contribution in [0.5, 0.6) is 17.2 Å². The second-order valence-electron chi connectivity index (χ2n) is 5.87. The maximum Gasteiger partial charge on any atom is 0.243 e. The highest BCUT2D eigenvalue weighted by atomic mass is 79.9. The van der Waals surface area contributed by atoms with Gasteiger partial charge in [0.2, 0.25) is 17.6 Å². The van der Waals surface area contributed by atoms with Gasteiger partial charge < -0.3 is 24.8 Å². The van der Waals surface area contributed by atoms with Crippen LogP contribution in [0.4, 0.5) is 5.69 Å². The van der Waals surface area contributed by atoms with Gasteiger partial charge in [0, 0.05) is 16.6 Å². The van der Waals surface area contributed by atoms with Gasteiger partial charge in [0.05, 0.1) is 27.9 Å². The number of amides is 2. The minimum atomic E-state index is -0.288. The minimum Gasteiger partial charge on any atom is -0.493 e. The smallest absolute Gasteiger partial charge is 0.243 e. The second kappa shape index (κ2) is 10.6. The second-order valence-corrected chi connectivity index (χ2v) is 6.78. The number of anilines is 1. The zero-order chi connectivity index (χ0) is 20.5. The highest BCUT2D eigenvalue weighted by Gasteiger charge is 2.14. The molecule has 0 saturated heterocycles. The van der Waals surface area contributed by atoms with E-state index in [2.05, 4.69) is 26.6 Å². The van der Waals surface area contributed by atoms with E-state index in [0.29, 0.717) is 29.4 Å².